The smallest absolute Gasteiger partial charge is 0.317 e. The molecular weight excluding hydrogens is 172 g/mol. The topological polar surface area (TPSA) is 119 Å². The van der Waals surface area contributed by atoms with E-state index in [4.69, 9.17) is 22.3 Å². The first-order chi connectivity index (χ1) is 6.06. The maximum Gasteiger partial charge on any atom is 0.317 e. The van der Waals surface area contributed by atoms with Gasteiger partial charge in [-0.3, -0.25) is 9.69 Å². The second-order valence-corrected chi connectivity index (χ2v) is 2.93. The van der Waals surface area contributed by atoms with Crippen molar-refractivity contribution >= 4 is 5.97 Å². The van der Waals surface area contributed by atoms with Crippen molar-refractivity contribution in [2.45, 2.75) is 12.6 Å². The van der Waals surface area contributed by atoms with Gasteiger partial charge in [0.25, 0.3) is 0 Å². The predicted octanol–water partition coefficient (Wildman–Crippen LogP) is -2.03. The summed E-state index contributed by atoms with van der Waals surface area (Å²) in [4.78, 5) is 12.1. The second kappa shape index (κ2) is 6.79. The highest BCUT2D eigenvalue weighted by Crippen LogP contribution is 1.90. The summed E-state index contributed by atoms with van der Waals surface area (Å²) in [7, 11) is 0. The normalized spacial score (nSPS) is 11.2. The lowest BCUT2D eigenvalue weighted by atomic mass is 10.3. The van der Waals surface area contributed by atoms with Crippen molar-refractivity contribution in [3.8, 4) is 0 Å². The molecule has 0 saturated carbocycles. The standard InChI is InChI=1S/C7H18N4O2/c8-2-1-3-11(4-6(9)10)5-7(12)13/h6H,1-5,8-10H2,(H,12,13). The minimum Gasteiger partial charge on any atom is -0.480 e. The Labute approximate surface area is 77.7 Å². The average molecular weight is 190 g/mol. The molecule has 7 N–H and O–H groups in total. The van der Waals surface area contributed by atoms with Crippen LogP contribution in [0.1, 0.15) is 6.42 Å². The Hall–Kier alpha value is -0.690. The second-order valence-electron chi connectivity index (χ2n) is 2.93. The van der Waals surface area contributed by atoms with Gasteiger partial charge in [0.2, 0.25) is 0 Å². The lowest BCUT2D eigenvalue weighted by Gasteiger charge is -2.21. The zero-order valence-electron chi connectivity index (χ0n) is 7.65. The molecule has 0 spiro atoms. The molecule has 0 aromatic rings. The minimum atomic E-state index is -0.877. The van der Waals surface area contributed by atoms with Gasteiger partial charge < -0.3 is 22.3 Å². The first kappa shape index (κ1) is 12.3. The Morgan fingerprint density at radius 3 is 2.46 bits per heavy atom. The summed E-state index contributed by atoms with van der Waals surface area (Å²) in [5, 5.41) is 8.54. The Kier molecular flexibility index (Phi) is 6.43. The fourth-order valence-corrected chi connectivity index (χ4v) is 1.04. The Bertz CT molecular complexity index is 151. The van der Waals surface area contributed by atoms with Crippen LogP contribution in [-0.2, 0) is 4.79 Å². The average Bonchev–Trinajstić information content (AvgIpc) is 1.98. The predicted molar refractivity (Wildman–Crippen MR) is 49.9 cm³/mol. The Morgan fingerprint density at radius 1 is 1.46 bits per heavy atom. The van der Waals surface area contributed by atoms with Crippen molar-refractivity contribution < 1.29 is 9.90 Å². The highest BCUT2D eigenvalue weighted by Gasteiger charge is 2.10. The van der Waals surface area contributed by atoms with Crippen LogP contribution in [0.2, 0.25) is 0 Å². The summed E-state index contributed by atoms with van der Waals surface area (Å²) in [6.45, 7) is 1.50. The third-order valence-corrected chi connectivity index (χ3v) is 1.51. The van der Waals surface area contributed by atoms with Gasteiger partial charge in [0, 0.05) is 13.1 Å². The molecule has 0 amide bonds. The van der Waals surface area contributed by atoms with Crippen molar-refractivity contribution in [1.29, 1.82) is 0 Å². The number of carboxylic acid groups (broad SMARTS) is 1. The monoisotopic (exact) mass is 190 g/mol. The number of hydrogen-bond donors (Lipinski definition) is 4. The Balaban J connectivity index is 3.80. The van der Waals surface area contributed by atoms with E-state index in [-0.39, 0.29) is 6.54 Å². The lowest BCUT2D eigenvalue weighted by molar-refractivity contribution is -0.138. The van der Waals surface area contributed by atoms with Gasteiger partial charge >= 0.3 is 5.97 Å². The number of nitrogens with zero attached hydrogens (tertiary/aromatic N) is 1. The molecule has 78 valence electrons. The zero-order chi connectivity index (χ0) is 10.3. The van der Waals surface area contributed by atoms with Crippen molar-refractivity contribution in [2.24, 2.45) is 17.2 Å². The molecule has 6 nitrogen and oxygen atoms in total. The van der Waals surface area contributed by atoms with Crippen LogP contribution in [0.5, 0.6) is 0 Å². The van der Waals surface area contributed by atoms with E-state index < -0.39 is 12.1 Å². The third kappa shape index (κ3) is 7.66. The fraction of sp³-hybridized carbons (Fsp3) is 0.857. The largest absolute Gasteiger partial charge is 0.480 e. The fourth-order valence-electron chi connectivity index (χ4n) is 1.04. The third-order valence-electron chi connectivity index (χ3n) is 1.51. The van der Waals surface area contributed by atoms with Crippen LogP contribution in [0.4, 0.5) is 0 Å². The van der Waals surface area contributed by atoms with Gasteiger partial charge in [0.15, 0.2) is 0 Å². The Morgan fingerprint density at radius 2 is 2.08 bits per heavy atom. The van der Waals surface area contributed by atoms with Crippen molar-refractivity contribution in [2.75, 3.05) is 26.2 Å². The van der Waals surface area contributed by atoms with E-state index in [9.17, 15) is 4.79 Å². The van der Waals surface area contributed by atoms with Crippen LogP contribution < -0.4 is 17.2 Å². The molecule has 6 heteroatoms. The van der Waals surface area contributed by atoms with Gasteiger partial charge in [0.1, 0.15) is 0 Å². The number of nitrogens with two attached hydrogens (primary N) is 3. The van der Waals surface area contributed by atoms with E-state index in [0.717, 1.165) is 6.42 Å². The molecule has 0 aromatic heterocycles. The van der Waals surface area contributed by atoms with Gasteiger partial charge in [-0.2, -0.15) is 0 Å². The summed E-state index contributed by atoms with van der Waals surface area (Å²) >= 11 is 0. The van der Waals surface area contributed by atoms with Crippen LogP contribution in [0.3, 0.4) is 0 Å². The minimum absolute atomic E-state index is 0.0368. The van der Waals surface area contributed by atoms with E-state index in [0.29, 0.717) is 19.6 Å². The van der Waals surface area contributed by atoms with Crippen LogP contribution in [0.15, 0.2) is 0 Å². The van der Waals surface area contributed by atoms with E-state index >= 15 is 0 Å². The van der Waals surface area contributed by atoms with Crippen LogP contribution in [0.25, 0.3) is 0 Å². The highest BCUT2D eigenvalue weighted by molar-refractivity contribution is 5.69. The van der Waals surface area contributed by atoms with Gasteiger partial charge in [0.05, 0.1) is 12.7 Å². The number of rotatable bonds is 7. The summed E-state index contributed by atoms with van der Waals surface area (Å²) < 4.78 is 0. The summed E-state index contributed by atoms with van der Waals surface area (Å²) in [6.07, 6.45) is 0.247. The molecule has 0 bridgehead atoms. The number of hydrogen-bond acceptors (Lipinski definition) is 5. The molecule has 0 radical (unpaired) electrons. The van der Waals surface area contributed by atoms with Crippen molar-refractivity contribution in [1.82, 2.24) is 4.90 Å². The quantitative estimate of drug-likeness (QED) is 0.344. The molecular formula is C7H18N4O2. The summed E-state index contributed by atoms with van der Waals surface area (Å²) in [5.41, 5.74) is 16.0. The molecule has 0 fully saturated rings. The molecule has 0 aliphatic heterocycles. The first-order valence-electron chi connectivity index (χ1n) is 4.21. The van der Waals surface area contributed by atoms with Crippen LogP contribution in [-0.4, -0.2) is 48.3 Å². The summed E-state index contributed by atoms with van der Waals surface area (Å²) in [5.74, 6) is -0.877. The van der Waals surface area contributed by atoms with E-state index in [1.165, 1.54) is 0 Å². The van der Waals surface area contributed by atoms with Gasteiger partial charge in [-0.1, -0.05) is 0 Å². The van der Waals surface area contributed by atoms with Gasteiger partial charge in [-0.05, 0) is 13.0 Å². The molecule has 0 saturated heterocycles. The zero-order valence-corrected chi connectivity index (χ0v) is 7.65. The first-order valence-corrected chi connectivity index (χ1v) is 4.21. The molecule has 0 aromatic carbocycles. The highest BCUT2D eigenvalue weighted by atomic mass is 16.4. The maximum absolute atomic E-state index is 10.4. The molecule has 0 unspecified atom stereocenters. The number of carboxylic acids is 1. The molecule has 0 aliphatic rings. The molecule has 0 heterocycles. The summed E-state index contributed by atoms with van der Waals surface area (Å²) in [6, 6.07) is 0. The SMILES string of the molecule is NCCCN(CC(=O)O)CC(N)N. The molecule has 13 heavy (non-hydrogen) atoms. The van der Waals surface area contributed by atoms with E-state index in [1.54, 1.807) is 4.90 Å². The number of aliphatic carboxylic acids is 1. The molecule has 0 aliphatic carbocycles. The molecule has 0 rings (SSSR count). The van der Waals surface area contributed by atoms with Crippen LogP contribution in [0, 0.1) is 0 Å². The van der Waals surface area contributed by atoms with Crippen molar-refractivity contribution in [3.05, 3.63) is 0 Å². The van der Waals surface area contributed by atoms with Crippen LogP contribution >= 0.6 is 0 Å². The molecule has 0 atom stereocenters. The lowest BCUT2D eigenvalue weighted by Crippen LogP contribution is -2.45. The number of carbonyl (C=O) groups is 1. The van der Waals surface area contributed by atoms with Gasteiger partial charge in [-0.15, -0.1) is 0 Å². The van der Waals surface area contributed by atoms with E-state index in [2.05, 4.69) is 0 Å². The van der Waals surface area contributed by atoms with Gasteiger partial charge in [-0.25, -0.2) is 0 Å². The van der Waals surface area contributed by atoms with Crippen molar-refractivity contribution in [3.63, 3.8) is 0 Å². The van der Waals surface area contributed by atoms with E-state index in [1.807, 2.05) is 0 Å². The maximum atomic E-state index is 10.4.